The largest absolute Gasteiger partial charge is 0.497 e. The molecular weight excluding hydrogens is 351 g/mol. The zero-order chi connectivity index (χ0) is 19.3. The first-order valence-electron chi connectivity index (χ1n) is 7.58. The minimum Gasteiger partial charge on any atom is -0.497 e. The van der Waals surface area contributed by atoms with Crippen LogP contribution in [0.4, 0.5) is 23.8 Å². The van der Waals surface area contributed by atoms with Crippen LogP contribution >= 0.6 is 0 Å². The molecule has 0 radical (unpaired) electrons. The number of methoxy groups -OCH3 is 2. The second-order valence-electron chi connectivity index (χ2n) is 5.33. The van der Waals surface area contributed by atoms with Crippen molar-refractivity contribution in [3.05, 3.63) is 47.7 Å². The van der Waals surface area contributed by atoms with Crippen LogP contribution in [0.3, 0.4) is 0 Å². The minimum absolute atomic E-state index is 0.206. The van der Waals surface area contributed by atoms with E-state index in [9.17, 15) is 18.0 Å². The van der Waals surface area contributed by atoms with Gasteiger partial charge in [0.1, 0.15) is 23.0 Å². The smallest absolute Gasteiger partial charge is 0.433 e. The number of nitrogens with one attached hydrogen (secondary N) is 2. The first-order valence-corrected chi connectivity index (χ1v) is 7.58. The molecule has 1 heterocycles. The molecule has 0 fully saturated rings. The number of aromatic nitrogens is 1. The number of alkyl halides is 3. The lowest BCUT2D eigenvalue weighted by atomic mass is 10.1. The molecule has 1 atom stereocenters. The number of carbonyl (C=O) groups is 1. The summed E-state index contributed by atoms with van der Waals surface area (Å²) >= 11 is 0. The van der Waals surface area contributed by atoms with Crippen LogP contribution in [0.1, 0.15) is 24.2 Å². The van der Waals surface area contributed by atoms with E-state index in [-0.39, 0.29) is 5.82 Å². The molecule has 2 aromatic rings. The number of hydrogen-bond acceptors (Lipinski definition) is 4. The highest BCUT2D eigenvalue weighted by atomic mass is 19.4. The monoisotopic (exact) mass is 369 g/mol. The van der Waals surface area contributed by atoms with Crippen molar-refractivity contribution in [2.75, 3.05) is 19.5 Å². The number of hydrogen-bond donors (Lipinski definition) is 2. The van der Waals surface area contributed by atoms with E-state index in [1.54, 1.807) is 25.1 Å². The fourth-order valence-electron chi connectivity index (χ4n) is 2.27. The predicted molar refractivity (Wildman–Crippen MR) is 89.4 cm³/mol. The van der Waals surface area contributed by atoms with Crippen LogP contribution in [0, 0.1) is 0 Å². The quantitative estimate of drug-likeness (QED) is 0.836. The van der Waals surface area contributed by atoms with Crippen LogP contribution in [0.15, 0.2) is 36.4 Å². The van der Waals surface area contributed by atoms with Gasteiger partial charge in [0.2, 0.25) is 0 Å². The number of carbonyl (C=O) groups excluding carboxylic acids is 1. The van der Waals surface area contributed by atoms with E-state index in [1.807, 2.05) is 0 Å². The van der Waals surface area contributed by atoms with Crippen LogP contribution in [0.2, 0.25) is 0 Å². The van der Waals surface area contributed by atoms with Crippen molar-refractivity contribution in [2.24, 2.45) is 0 Å². The van der Waals surface area contributed by atoms with E-state index in [0.717, 1.165) is 6.07 Å². The highest BCUT2D eigenvalue weighted by Crippen LogP contribution is 2.30. The number of nitrogens with zero attached hydrogens (tertiary/aromatic N) is 1. The molecule has 26 heavy (non-hydrogen) atoms. The van der Waals surface area contributed by atoms with Gasteiger partial charge in [0.25, 0.3) is 0 Å². The third kappa shape index (κ3) is 4.78. The summed E-state index contributed by atoms with van der Waals surface area (Å²) in [5.41, 5.74) is -0.434. The molecule has 1 aromatic carbocycles. The number of rotatable bonds is 5. The lowest BCUT2D eigenvalue weighted by Crippen LogP contribution is -2.31. The second kappa shape index (κ2) is 7.94. The van der Waals surface area contributed by atoms with E-state index in [2.05, 4.69) is 15.6 Å². The van der Waals surface area contributed by atoms with E-state index in [4.69, 9.17) is 9.47 Å². The van der Waals surface area contributed by atoms with Gasteiger partial charge in [-0.15, -0.1) is 0 Å². The van der Waals surface area contributed by atoms with Gasteiger partial charge in [0.05, 0.1) is 20.3 Å². The van der Waals surface area contributed by atoms with Gasteiger partial charge in [-0.1, -0.05) is 6.07 Å². The summed E-state index contributed by atoms with van der Waals surface area (Å²) < 4.78 is 48.4. The molecule has 1 aromatic heterocycles. The van der Waals surface area contributed by atoms with Crippen molar-refractivity contribution in [1.29, 1.82) is 0 Å². The van der Waals surface area contributed by atoms with Crippen molar-refractivity contribution < 1.29 is 27.4 Å². The van der Waals surface area contributed by atoms with E-state index in [0.29, 0.717) is 17.1 Å². The standard InChI is InChI=1S/C17H18F3N3O3/c1-10(12-9-11(25-2)7-8-13(12)26-3)21-16(24)23-15-6-4-5-14(22-15)17(18,19)20/h4-10H,1-3H3,(H2,21,22,23,24)/t10-/m0/s1. The Labute approximate surface area is 148 Å². The minimum atomic E-state index is -4.59. The Morgan fingerprint density at radius 1 is 1.15 bits per heavy atom. The summed E-state index contributed by atoms with van der Waals surface area (Å²) in [6, 6.07) is 7.17. The lowest BCUT2D eigenvalue weighted by molar-refractivity contribution is -0.141. The number of benzene rings is 1. The van der Waals surface area contributed by atoms with E-state index >= 15 is 0 Å². The van der Waals surface area contributed by atoms with Gasteiger partial charge in [0, 0.05) is 5.56 Å². The van der Waals surface area contributed by atoms with Gasteiger partial charge in [-0.05, 0) is 37.3 Å². The summed E-state index contributed by atoms with van der Waals surface area (Å²) in [5.74, 6) is 0.910. The summed E-state index contributed by atoms with van der Waals surface area (Å²) in [5, 5.41) is 4.91. The average molecular weight is 369 g/mol. The third-order valence-electron chi connectivity index (χ3n) is 3.53. The Bertz CT molecular complexity index is 781. The fourth-order valence-corrected chi connectivity index (χ4v) is 2.27. The van der Waals surface area contributed by atoms with Crippen molar-refractivity contribution in [3.8, 4) is 11.5 Å². The maximum atomic E-state index is 12.7. The molecule has 0 aliphatic rings. The van der Waals surface area contributed by atoms with E-state index in [1.165, 1.54) is 26.4 Å². The molecule has 0 bridgehead atoms. The SMILES string of the molecule is COc1ccc(OC)c([C@H](C)NC(=O)Nc2cccc(C(F)(F)F)n2)c1. The molecule has 9 heteroatoms. The first kappa shape index (κ1) is 19.4. The van der Waals surface area contributed by atoms with Crippen molar-refractivity contribution >= 4 is 11.8 Å². The van der Waals surface area contributed by atoms with Gasteiger partial charge >= 0.3 is 12.2 Å². The Hall–Kier alpha value is -2.97. The molecule has 2 N–H and O–H groups in total. The van der Waals surface area contributed by atoms with Crippen LogP contribution in [-0.4, -0.2) is 25.2 Å². The van der Waals surface area contributed by atoms with Crippen LogP contribution in [0.5, 0.6) is 11.5 Å². The van der Waals surface area contributed by atoms with Crippen molar-refractivity contribution in [3.63, 3.8) is 0 Å². The van der Waals surface area contributed by atoms with Gasteiger partial charge in [-0.25, -0.2) is 9.78 Å². The van der Waals surface area contributed by atoms with Gasteiger partial charge in [0.15, 0.2) is 0 Å². The molecule has 2 amide bonds. The first-order chi connectivity index (χ1) is 12.2. The van der Waals surface area contributed by atoms with Gasteiger partial charge in [-0.3, -0.25) is 5.32 Å². The van der Waals surface area contributed by atoms with Gasteiger partial charge < -0.3 is 14.8 Å². The number of pyridine rings is 1. The number of ether oxygens (including phenoxy) is 2. The summed E-state index contributed by atoms with van der Waals surface area (Å²) in [6.07, 6.45) is -4.59. The molecule has 0 saturated heterocycles. The van der Waals surface area contributed by atoms with Crippen molar-refractivity contribution in [2.45, 2.75) is 19.1 Å². The fraction of sp³-hybridized carbons (Fsp3) is 0.294. The third-order valence-corrected chi connectivity index (χ3v) is 3.53. The highest BCUT2D eigenvalue weighted by Gasteiger charge is 2.32. The number of urea groups is 1. The lowest BCUT2D eigenvalue weighted by Gasteiger charge is -2.18. The molecule has 0 aliphatic carbocycles. The maximum absolute atomic E-state index is 12.7. The second-order valence-corrected chi connectivity index (χ2v) is 5.33. The predicted octanol–water partition coefficient (Wildman–Crippen LogP) is 4.00. The topological polar surface area (TPSA) is 72.5 Å². The molecule has 0 unspecified atom stereocenters. The number of amides is 2. The summed E-state index contributed by atoms with van der Waals surface area (Å²) in [7, 11) is 3.00. The molecular formula is C17H18F3N3O3. The molecule has 6 nitrogen and oxygen atoms in total. The molecule has 0 aliphatic heterocycles. The summed E-state index contributed by atoms with van der Waals surface area (Å²) in [4.78, 5) is 15.5. The Balaban J connectivity index is 2.11. The Kier molecular flexibility index (Phi) is 5.91. The van der Waals surface area contributed by atoms with Crippen LogP contribution in [0.25, 0.3) is 0 Å². The summed E-state index contributed by atoms with van der Waals surface area (Å²) in [6.45, 7) is 1.70. The van der Waals surface area contributed by atoms with Crippen LogP contribution in [-0.2, 0) is 6.18 Å². The zero-order valence-electron chi connectivity index (χ0n) is 14.3. The maximum Gasteiger partial charge on any atom is 0.433 e. The zero-order valence-corrected chi connectivity index (χ0v) is 14.3. The van der Waals surface area contributed by atoms with Crippen molar-refractivity contribution in [1.82, 2.24) is 10.3 Å². The molecule has 2 rings (SSSR count). The number of halogens is 3. The van der Waals surface area contributed by atoms with Crippen LogP contribution < -0.4 is 20.1 Å². The Morgan fingerprint density at radius 3 is 2.50 bits per heavy atom. The molecule has 0 spiro atoms. The van der Waals surface area contributed by atoms with E-state index < -0.39 is 23.9 Å². The average Bonchev–Trinajstić information content (AvgIpc) is 2.60. The highest BCUT2D eigenvalue weighted by molar-refractivity contribution is 5.88. The number of anilines is 1. The Morgan fingerprint density at radius 2 is 1.88 bits per heavy atom. The normalized spacial score (nSPS) is 12.2. The molecule has 140 valence electrons. The molecule has 0 saturated carbocycles. The van der Waals surface area contributed by atoms with Gasteiger partial charge in [-0.2, -0.15) is 13.2 Å².